The Morgan fingerprint density at radius 1 is 1.26 bits per heavy atom. The van der Waals surface area contributed by atoms with Crippen molar-refractivity contribution in [1.29, 1.82) is 0 Å². The van der Waals surface area contributed by atoms with Crippen molar-refractivity contribution in [1.82, 2.24) is 4.90 Å². The van der Waals surface area contributed by atoms with E-state index in [0.29, 0.717) is 35.7 Å². The molecule has 2 aromatic carbocycles. The molecular formula is C24H24ClNO5. The van der Waals surface area contributed by atoms with Gasteiger partial charge < -0.3 is 19.5 Å². The average molecular weight is 442 g/mol. The van der Waals surface area contributed by atoms with Gasteiger partial charge in [0.2, 0.25) is 0 Å². The van der Waals surface area contributed by atoms with Gasteiger partial charge in [0.05, 0.1) is 11.6 Å². The van der Waals surface area contributed by atoms with Crippen LogP contribution in [0.1, 0.15) is 36.1 Å². The quantitative estimate of drug-likeness (QED) is 0.316. The van der Waals surface area contributed by atoms with Crippen LogP contribution in [0.4, 0.5) is 0 Å². The molecule has 2 aliphatic heterocycles. The number of rotatable bonds is 6. The van der Waals surface area contributed by atoms with Crippen molar-refractivity contribution in [3.05, 3.63) is 69.8 Å². The van der Waals surface area contributed by atoms with Crippen LogP contribution in [-0.4, -0.2) is 48.1 Å². The monoisotopic (exact) mass is 441 g/mol. The zero-order valence-corrected chi connectivity index (χ0v) is 18.2. The van der Waals surface area contributed by atoms with Crippen LogP contribution in [0.2, 0.25) is 5.02 Å². The van der Waals surface area contributed by atoms with Gasteiger partial charge in [-0.25, -0.2) is 0 Å². The lowest BCUT2D eigenvalue weighted by molar-refractivity contribution is -0.140. The van der Waals surface area contributed by atoms with E-state index in [1.54, 1.807) is 43.5 Å². The van der Waals surface area contributed by atoms with Crippen LogP contribution in [0.15, 0.2) is 48.0 Å². The molecule has 7 heteroatoms. The van der Waals surface area contributed by atoms with Crippen molar-refractivity contribution in [2.45, 2.75) is 31.9 Å². The number of aliphatic hydroxyl groups excluding tert-OH is 1. The summed E-state index contributed by atoms with van der Waals surface area (Å²) in [5, 5.41) is 11.7. The third-order valence-electron chi connectivity index (χ3n) is 5.62. The highest BCUT2D eigenvalue weighted by Crippen LogP contribution is 2.41. The normalized spacial score (nSPS) is 22.0. The van der Waals surface area contributed by atoms with Crippen LogP contribution in [0, 0.1) is 0 Å². The molecule has 1 saturated heterocycles. The molecule has 4 rings (SSSR count). The van der Waals surface area contributed by atoms with E-state index in [1.165, 1.54) is 4.90 Å². The molecule has 1 N–H and O–H groups in total. The molecule has 0 radical (unpaired) electrons. The van der Waals surface area contributed by atoms with E-state index in [9.17, 15) is 14.7 Å². The summed E-state index contributed by atoms with van der Waals surface area (Å²) < 4.78 is 10.8. The van der Waals surface area contributed by atoms with E-state index in [-0.39, 0.29) is 17.4 Å². The molecular weight excluding hydrogens is 418 g/mol. The molecule has 0 saturated carbocycles. The molecule has 31 heavy (non-hydrogen) atoms. The van der Waals surface area contributed by atoms with Crippen LogP contribution in [0.3, 0.4) is 0 Å². The highest BCUT2D eigenvalue weighted by atomic mass is 35.5. The van der Waals surface area contributed by atoms with Crippen LogP contribution in [-0.2, 0) is 20.7 Å². The average Bonchev–Trinajstić information content (AvgIpc) is 3.24. The fraction of sp³-hybridized carbons (Fsp3) is 0.333. The number of halogens is 1. The maximum absolute atomic E-state index is 13.0. The number of hydrogen-bond acceptors (Lipinski definition) is 5. The standard InChI is InChI=1S/C24H24ClNO5/c1-14-11-17-12-16(7-8-19(17)31-14)22(27)20-21(15-5-3-6-18(25)13-15)26(9-4-10-30-2)24(29)23(20)28/h3,5-8,12-14,21,27H,4,9-11H2,1-2H3/b22-20+/t14-,21-/m1/s1. The summed E-state index contributed by atoms with van der Waals surface area (Å²) in [5.41, 5.74) is 2.18. The van der Waals surface area contributed by atoms with Gasteiger partial charge >= 0.3 is 0 Å². The fourth-order valence-corrected chi connectivity index (χ4v) is 4.44. The Kier molecular flexibility index (Phi) is 6.03. The first-order valence-corrected chi connectivity index (χ1v) is 10.6. The number of carbonyl (C=O) groups is 2. The number of ether oxygens (including phenoxy) is 2. The Balaban J connectivity index is 1.80. The first-order valence-electron chi connectivity index (χ1n) is 10.2. The zero-order chi connectivity index (χ0) is 22.1. The summed E-state index contributed by atoms with van der Waals surface area (Å²) in [6.45, 7) is 2.75. The van der Waals surface area contributed by atoms with Crippen LogP contribution in [0.5, 0.6) is 5.75 Å². The smallest absolute Gasteiger partial charge is 0.295 e. The first kappa shape index (κ1) is 21.4. The van der Waals surface area contributed by atoms with Crippen molar-refractivity contribution >= 4 is 29.1 Å². The SMILES string of the molecule is COCCCN1C(=O)C(=O)/C(=C(/O)c2ccc3c(c2)C[C@@H](C)O3)[C@H]1c1cccc(Cl)c1. The lowest BCUT2D eigenvalue weighted by atomic mass is 9.94. The summed E-state index contributed by atoms with van der Waals surface area (Å²) in [6.07, 6.45) is 1.35. The molecule has 0 unspecified atom stereocenters. The van der Waals surface area contributed by atoms with Gasteiger partial charge in [-0.15, -0.1) is 0 Å². The number of aliphatic hydroxyl groups is 1. The maximum Gasteiger partial charge on any atom is 0.295 e. The Morgan fingerprint density at radius 2 is 2.06 bits per heavy atom. The van der Waals surface area contributed by atoms with Crippen molar-refractivity contribution < 1.29 is 24.2 Å². The Morgan fingerprint density at radius 3 is 2.81 bits per heavy atom. The van der Waals surface area contributed by atoms with Gasteiger partial charge in [0, 0.05) is 37.3 Å². The number of carbonyl (C=O) groups excluding carboxylic acids is 2. The molecule has 0 bridgehead atoms. The first-order chi connectivity index (χ1) is 14.9. The molecule has 162 valence electrons. The topological polar surface area (TPSA) is 76.1 Å². The van der Waals surface area contributed by atoms with E-state index in [4.69, 9.17) is 21.1 Å². The van der Waals surface area contributed by atoms with E-state index in [0.717, 1.165) is 17.7 Å². The molecule has 2 aromatic rings. The van der Waals surface area contributed by atoms with Gasteiger partial charge in [-0.05, 0) is 54.8 Å². The van der Waals surface area contributed by atoms with Gasteiger partial charge in [0.15, 0.2) is 0 Å². The number of methoxy groups -OCH3 is 1. The van der Waals surface area contributed by atoms with Crippen molar-refractivity contribution in [2.75, 3.05) is 20.3 Å². The highest BCUT2D eigenvalue weighted by molar-refractivity contribution is 6.46. The number of Topliss-reactive ketones (excluding diaryl/α,β-unsaturated/α-hetero) is 1. The molecule has 0 aliphatic carbocycles. The minimum atomic E-state index is -0.723. The van der Waals surface area contributed by atoms with E-state index in [1.807, 2.05) is 13.0 Å². The Labute approximate surface area is 186 Å². The van der Waals surface area contributed by atoms with Crippen LogP contribution >= 0.6 is 11.6 Å². The van der Waals surface area contributed by atoms with E-state index < -0.39 is 17.7 Å². The molecule has 0 aromatic heterocycles. The lowest BCUT2D eigenvalue weighted by Crippen LogP contribution is -2.31. The van der Waals surface area contributed by atoms with Crippen molar-refractivity contribution in [3.8, 4) is 5.75 Å². The zero-order valence-electron chi connectivity index (χ0n) is 17.4. The Bertz CT molecular complexity index is 1060. The molecule has 2 heterocycles. The molecule has 0 spiro atoms. The van der Waals surface area contributed by atoms with Crippen LogP contribution < -0.4 is 4.74 Å². The van der Waals surface area contributed by atoms with Gasteiger partial charge in [-0.2, -0.15) is 0 Å². The number of benzene rings is 2. The van der Waals surface area contributed by atoms with E-state index >= 15 is 0 Å². The van der Waals surface area contributed by atoms with Gasteiger partial charge in [-0.1, -0.05) is 23.7 Å². The van der Waals surface area contributed by atoms with Gasteiger partial charge in [0.1, 0.15) is 17.6 Å². The van der Waals surface area contributed by atoms with Crippen molar-refractivity contribution in [2.24, 2.45) is 0 Å². The summed E-state index contributed by atoms with van der Waals surface area (Å²) >= 11 is 6.19. The predicted octanol–water partition coefficient (Wildman–Crippen LogP) is 4.12. The second kappa shape index (κ2) is 8.73. The second-order valence-corrected chi connectivity index (χ2v) is 8.29. The van der Waals surface area contributed by atoms with Crippen molar-refractivity contribution in [3.63, 3.8) is 0 Å². The third-order valence-corrected chi connectivity index (χ3v) is 5.86. The number of amides is 1. The molecule has 6 nitrogen and oxygen atoms in total. The number of hydrogen-bond donors (Lipinski definition) is 1. The molecule has 1 amide bonds. The number of nitrogens with zero attached hydrogens (tertiary/aromatic N) is 1. The minimum Gasteiger partial charge on any atom is -0.507 e. The molecule has 2 atom stereocenters. The second-order valence-electron chi connectivity index (χ2n) is 7.85. The lowest BCUT2D eigenvalue weighted by Gasteiger charge is -2.25. The van der Waals surface area contributed by atoms with E-state index in [2.05, 4.69) is 0 Å². The number of fused-ring (bicyclic) bond motifs is 1. The third kappa shape index (κ3) is 4.05. The van der Waals surface area contributed by atoms with Crippen LogP contribution in [0.25, 0.3) is 5.76 Å². The molecule has 2 aliphatic rings. The molecule has 1 fully saturated rings. The number of ketones is 1. The summed E-state index contributed by atoms with van der Waals surface area (Å²) in [5.74, 6) is -0.763. The summed E-state index contributed by atoms with van der Waals surface area (Å²) in [4.78, 5) is 27.4. The largest absolute Gasteiger partial charge is 0.507 e. The van der Waals surface area contributed by atoms with Gasteiger partial charge in [0.25, 0.3) is 11.7 Å². The maximum atomic E-state index is 13.0. The Hall–Kier alpha value is -2.83. The summed E-state index contributed by atoms with van der Waals surface area (Å²) in [6, 6.07) is 11.6. The predicted molar refractivity (Wildman–Crippen MR) is 117 cm³/mol. The van der Waals surface area contributed by atoms with Gasteiger partial charge in [-0.3, -0.25) is 9.59 Å². The minimum absolute atomic E-state index is 0.0604. The fourth-order valence-electron chi connectivity index (χ4n) is 4.24. The number of likely N-dealkylation sites (tertiary alicyclic amines) is 1. The summed E-state index contributed by atoms with van der Waals surface area (Å²) in [7, 11) is 1.58. The highest BCUT2D eigenvalue weighted by Gasteiger charge is 2.45.